The summed E-state index contributed by atoms with van der Waals surface area (Å²) in [6.07, 6.45) is 1.81. The molecule has 1 aromatic carbocycles. The van der Waals surface area contributed by atoms with Crippen LogP contribution < -0.4 is 0 Å². The Hall–Kier alpha value is -1.57. The highest BCUT2D eigenvalue weighted by Gasteiger charge is 1.95. The number of aromatic nitrogens is 1. The van der Waals surface area contributed by atoms with E-state index in [0.29, 0.717) is 5.75 Å². The highest BCUT2D eigenvalue weighted by atomic mass is 16.3. The second-order valence-corrected chi connectivity index (χ2v) is 2.86. The van der Waals surface area contributed by atoms with Crippen molar-refractivity contribution in [3.63, 3.8) is 0 Å². The molecule has 12 heavy (non-hydrogen) atoms. The summed E-state index contributed by atoms with van der Waals surface area (Å²) in [4.78, 5) is 4.16. The molecular formula is C10H9NO. The van der Waals surface area contributed by atoms with Gasteiger partial charge >= 0.3 is 0 Å². The molecule has 0 aliphatic rings. The quantitative estimate of drug-likeness (QED) is 0.639. The van der Waals surface area contributed by atoms with Crippen molar-refractivity contribution in [1.82, 2.24) is 4.98 Å². The zero-order valence-electron chi connectivity index (χ0n) is 6.78. The predicted octanol–water partition coefficient (Wildman–Crippen LogP) is 2.25. The van der Waals surface area contributed by atoms with Crippen molar-refractivity contribution in [3.8, 4) is 5.75 Å². The van der Waals surface area contributed by atoms with E-state index in [0.717, 1.165) is 16.5 Å². The molecule has 0 aliphatic carbocycles. The van der Waals surface area contributed by atoms with Crippen LogP contribution in [0, 0.1) is 6.92 Å². The van der Waals surface area contributed by atoms with E-state index in [9.17, 15) is 5.11 Å². The Balaban J connectivity index is 2.80. The summed E-state index contributed by atoms with van der Waals surface area (Å²) in [5.41, 5.74) is 0.966. The SMILES string of the molecule is Cc1cc2cc(O)ccc2cn1. The molecule has 2 heteroatoms. The van der Waals surface area contributed by atoms with Gasteiger partial charge in [-0.3, -0.25) is 4.98 Å². The zero-order chi connectivity index (χ0) is 8.55. The lowest BCUT2D eigenvalue weighted by atomic mass is 10.1. The number of phenols is 1. The summed E-state index contributed by atoms with van der Waals surface area (Å²) < 4.78 is 0. The van der Waals surface area contributed by atoms with Gasteiger partial charge in [0.15, 0.2) is 0 Å². The van der Waals surface area contributed by atoms with Crippen LogP contribution in [0.4, 0.5) is 0 Å². The average molecular weight is 159 g/mol. The third kappa shape index (κ3) is 1.11. The molecule has 1 aromatic heterocycles. The van der Waals surface area contributed by atoms with Crippen LogP contribution in [0.1, 0.15) is 5.69 Å². The van der Waals surface area contributed by atoms with E-state index in [2.05, 4.69) is 4.98 Å². The molecule has 0 fully saturated rings. The number of hydrogen-bond donors (Lipinski definition) is 1. The first-order valence-corrected chi connectivity index (χ1v) is 3.81. The Bertz CT molecular complexity index is 386. The number of benzene rings is 1. The second-order valence-electron chi connectivity index (χ2n) is 2.86. The maximum Gasteiger partial charge on any atom is 0.116 e. The molecule has 2 aromatic rings. The minimum atomic E-state index is 0.299. The predicted molar refractivity (Wildman–Crippen MR) is 48.1 cm³/mol. The van der Waals surface area contributed by atoms with Gasteiger partial charge in [0.25, 0.3) is 0 Å². The molecule has 0 aliphatic heterocycles. The Morgan fingerprint density at radius 2 is 2.00 bits per heavy atom. The molecule has 0 atom stereocenters. The van der Waals surface area contributed by atoms with E-state index < -0.39 is 0 Å². The van der Waals surface area contributed by atoms with Crippen molar-refractivity contribution in [1.29, 1.82) is 0 Å². The Morgan fingerprint density at radius 3 is 2.83 bits per heavy atom. The molecule has 0 bridgehead atoms. The number of nitrogens with zero attached hydrogens (tertiary/aromatic N) is 1. The first-order chi connectivity index (χ1) is 5.75. The fourth-order valence-electron chi connectivity index (χ4n) is 1.24. The lowest BCUT2D eigenvalue weighted by Crippen LogP contribution is -1.80. The maximum atomic E-state index is 9.20. The van der Waals surface area contributed by atoms with Gasteiger partial charge in [-0.2, -0.15) is 0 Å². The maximum absolute atomic E-state index is 9.20. The van der Waals surface area contributed by atoms with E-state index in [-0.39, 0.29) is 0 Å². The molecular weight excluding hydrogens is 150 g/mol. The van der Waals surface area contributed by atoms with Crippen LogP contribution in [0.5, 0.6) is 5.75 Å². The smallest absolute Gasteiger partial charge is 0.116 e. The summed E-state index contributed by atoms with van der Waals surface area (Å²) in [6, 6.07) is 7.22. The average Bonchev–Trinajstić information content (AvgIpc) is 2.03. The lowest BCUT2D eigenvalue weighted by Gasteiger charge is -1.98. The molecule has 0 spiro atoms. The fourth-order valence-corrected chi connectivity index (χ4v) is 1.24. The fraction of sp³-hybridized carbons (Fsp3) is 0.100. The van der Waals surface area contributed by atoms with Crippen molar-refractivity contribution in [2.75, 3.05) is 0 Å². The van der Waals surface area contributed by atoms with Gasteiger partial charge in [-0.05, 0) is 36.6 Å². The number of hydrogen-bond acceptors (Lipinski definition) is 2. The van der Waals surface area contributed by atoms with Crippen LogP contribution >= 0.6 is 0 Å². The van der Waals surface area contributed by atoms with Crippen LogP contribution in [-0.2, 0) is 0 Å². The monoisotopic (exact) mass is 159 g/mol. The number of phenolic OH excluding ortho intramolecular Hbond substituents is 1. The molecule has 0 radical (unpaired) electrons. The van der Waals surface area contributed by atoms with Crippen molar-refractivity contribution in [2.45, 2.75) is 6.92 Å². The number of fused-ring (bicyclic) bond motifs is 1. The first-order valence-electron chi connectivity index (χ1n) is 3.81. The molecule has 1 heterocycles. The van der Waals surface area contributed by atoms with Crippen LogP contribution in [0.25, 0.3) is 10.8 Å². The van der Waals surface area contributed by atoms with Crippen LogP contribution in [0.15, 0.2) is 30.5 Å². The van der Waals surface area contributed by atoms with Crippen LogP contribution in [0.3, 0.4) is 0 Å². The molecule has 2 nitrogen and oxygen atoms in total. The molecule has 0 unspecified atom stereocenters. The number of rotatable bonds is 0. The lowest BCUT2D eigenvalue weighted by molar-refractivity contribution is 0.476. The Labute approximate surface area is 70.5 Å². The highest BCUT2D eigenvalue weighted by molar-refractivity contribution is 5.83. The zero-order valence-corrected chi connectivity index (χ0v) is 6.78. The van der Waals surface area contributed by atoms with Gasteiger partial charge in [-0.15, -0.1) is 0 Å². The van der Waals surface area contributed by atoms with E-state index in [4.69, 9.17) is 0 Å². The summed E-state index contributed by atoms with van der Waals surface area (Å²) in [5, 5.41) is 11.3. The Kier molecular flexibility index (Phi) is 1.47. The molecule has 1 N–H and O–H groups in total. The number of pyridine rings is 1. The van der Waals surface area contributed by atoms with E-state index >= 15 is 0 Å². The van der Waals surface area contributed by atoms with Crippen LogP contribution in [-0.4, -0.2) is 10.1 Å². The van der Waals surface area contributed by atoms with Crippen molar-refractivity contribution in [3.05, 3.63) is 36.2 Å². The summed E-state index contributed by atoms with van der Waals surface area (Å²) >= 11 is 0. The summed E-state index contributed by atoms with van der Waals surface area (Å²) in [7, 11) is 0. The van der Waals surface area contributed by atoms with Gasteiger partial charge in [0.2, 0.25) is 0 Å². The highest BCUT2D eigenvalue weighted by Crippen LogP contribution is 2.19. The summed E-state index contributed by atoms with van der Waals surface area (Å²) in [6.45, 7) is 1.93. The minimum Gasteiger partial charge on any atom is -0.508 e. The topological polar surface area (TPSA) is 33.1 Å². The van der Waals surface area contributed by atoms with Crippen molar-refractivity contribution < 1.29 is 5.11 Å². The molecule has 0 saturated heterocycles. The van der Waals surface area contributed by atoms with Crippen molar-refractivity contribution in [2.24, 2.45) is 0 Å². The van der Waals surface area contributed by atoms with Gasteiger partial charge in [0, 0.05) is 17.3 Å². The van der Waals surface area contributed by atoms with Crippen molar-refractivity contribution >= 4 is 10.8 Å². The normalized spacial score (nSPS) is 10.4. The van der Waals surface area contributed by atoms with Gasteiger partial charge in [-0.1, -0.05) is 0 Å². The van der Waals surface area contributed by atoms with E-state index in [1.165, 1.54) is 0 Å². The van der Waals surface area contributed by atoms with Crippen LogP contribution in [0.2, 0.25) is 0 Å². The van der Waals surface area contributed by atoms with E-state index in [1.54, 1.807) is 12.1 Å². The van der Waals surface area contributed by atoms with Gasteiger partial charge < -0.3 is 5.11 Å². The van der Waals surface area contributed by atoms with Gasteiger partial charge in [0.05, 0.1) is 0 Å². The molecule has 2 rings (SSSR count). The largest absolute Gasteiger partial charge is 0.508 e. The summed E-state index contributed by atoms with van der Waals surface area (Å²) in [5.74, 6) is 0.299. The standard InChI is InChI=1S/C10H9NO/c1-7-4-9-5-10(12)3-2-8(9)6-11-7/h2-6,12H,1H3. The molecule has 0 saturated carbocycles. The molecule has 0 amide bonds. The molecule has 60 valence electrons. The van der Waals surface area contributed by atoms with Gasteiger partial charge in [-0.25, -0.2) is 0 Å². The third-order valence-electron chi connectivity index (χ3n) is 1.84. The minimum absolute atomic E-state index is 0.299. The third-order valence-corrected chi connectivity index (χ3v) is 1.84. The number of aryl methyl sites for hydroxylation is 1. The number of aromatic hydroxyl groups is 1. The van der Waals surface area contributed by atoms with Gasteiger partial charge in [0.1, 0.15) is 5.75 Å². The Morgan fingerprint density at radius 1 is 1.17 bits per heavy atom. The first kappa shape index (κ1) is 7.10. The van der Waals surface area contributed by atoms with E-state index in [1.807, 2.05) is 25.3 Å². The second kappa shape index (κ2) is 2.48.